The number of hydrogen-bond donors (Lipinski definition) is 1. The molecule has 0 amide bonds. The summed E-state index contributed by atoms with van der Waals surface area (Å²) in [7, 11) is 1.88. The molecule has 2 aliphatic heterocycles. The van der Waals surface area contributed by atoms with E-state index in [1.54, 1.807) is 6.26 Å². The molecule has 7 nitrogen and oxygen atoms in total. The maximum atomic E-state index is 4.94. The minimum atomic E-state index is 0.466. The topological polar surface area (TPSA) is 60.1 Å². The zero-order valence-electron chi connectivity index (χ0n) is 17.5. The largest absolute Gasteiger partial charge is 0.364 e. The van der Waals surface area contributed by atoms with E-state index in [4.69, 9.17) is 4.52 Å². The van der Waals surface area contributed by atoms with Gasteiger partial charge in [-0.1, -0.05) is 29.4 Å². The van der Waals surface area contributed by atoms with Gasteiger partial charge in [-0.2, -0.15) is 0 Å². The lowest BCUT2D eigenvalue weighted by Crippen LogP contribution is -2.54. The van der Waals surface area contributed by atoms with Crippen molar-refractivity contribution in [1.29, 1.82) is 0 Å². The fourth-order valence-electron chi connectivity index (χ4n) is 4.26. The number of aliphatic imine (C=N–C) groups is 1. The molecule has 4 rings (SSSR count). The van der Waals surface area contributed by atoms with Crippen LogP contribution < -0.4 is 5.32 Å². The van der Waals surface area contributed by atoms with Crippen molar-refractivity contribution in [3.8, 4) is 0 Å². The zero-order valence-corrected chi connectivity index (χ0v) is 17.5. The number of benzene rings is 1. The number of piperazine rings is 1. The van der Waals surface area contributed by atoms with Gasteiger partial charge in [0.1, 0.15) is 6.26 Å². The first kappa shape index (κ1) is 19.9. The van der Waals surface area contributed by atoms with Crippen molar-refractivity contribution in [1.82, 2.24) is 25.2 Å². The van der Waals surface area contributed by atoms with Crippen LogP contribution in [0.25, 0.3) is 0 Å². The summed E-state index contributed by atoms with van der Waals surface area (Å²) in [5.74, 6) is 1.01. The Labute approximate surface area is 173 Å². The monoisotopic (exact) mass is 396 g/mol. The van der Waals surface area contributed by atoms with E-state index in [1.165, 1.54) is 11.1 Å². The van der Waals surface area contributed by atoms with Gasteiger partial charge in [0.2, 0.25) is 0 Å². The van der Waals surface area contributed by atoms with Gasteiger partial charge in [-0.05, 0) is 24.5 Å². The highest BCUT2D eigenvalue weighted by molar-refractivity contribution is 5.80. The summed E-state index contributed by atoms with van der Waals surface area (Å²) in [5, 5.41) is 7.63. The van der Waals surface area contributed by atoms with Crippen LogP contribution in [0.15, 0.2) is 46.1 Å². The van der Waals surface area contributed by atoms with Crippen molar-refractivity contribution >= 4 is 5.96 Å². The van der Waals surface area contributed by atoms with E-state index in [1.807, 2.05) is 13.1 Å². The summed E-state index contributed by atoms with van der Waals surface area (Å²) in [6.07, 6.45) is 2.78. The Hall–Kier alpha value is -2.38. The molecule has 156 valence electrons. The van der Waals surface area contributed by atoms with Crippen LogP contribution in [-0.4, -0.2) is 78.2 Å². The number of fused-ring (bicyclic) bond motifs is 1. The lowest BCUT2D eigenvalue weighted by atomic mass is 9.99. The summed E-state index contributed by atoms with van der Waals surface area (Å²) < 4.78 is 4.94. The predicted octanol–water partition coefficient (Wildman–Crippen LogP) is 1.81. The van der Waals surface area contributed by atoms with Gasteiger partial charge in [-0.25, -0.2) is 0 Å². The molecule has 7 heteroatoms. The average molecular weight is 397 g/mol. The van der Waals surface area contributed by atoms with Crippen LogP contribution in [0.3, 0.4) is 0 Å². The zero-order chi connectivity index (χ0) is 20.1. The molecule has 3 heterocycles. The summed E-state index contributed by atoms with van der Waals surface area (Å²) in [6, 6.07) is 11.2. The standard InChI is InChI=1S/C22H32N6O/c1-18(28-9-7-19-5-3-4-6-20(19)16-28)15-24-22(23-2)27-12-10-26(11-13-27)17-21-8-14-29-25-21/h3-6,8,14,18H,7,9-13,15-17H2,1-2H3,(H,23,24). The van der Waals surface area contributed by atoms with Crippen molar-refractivity contribution in [3.05, 3.63) is 53.4 Å². The number of nitrogens with zero attached hydrogens (tertiary/aromatic N) is 5. The summed E-state index contributed by atoms with van der Waals surface area (Å²) >= 11 is 0. The highest BCUT2D eigenvalue weighted by atomic mass is 16.5. The highest BCUT2D eigenvalue weighted by Crippen LogP contribution is 2.20. The molecule has 29 heavy (non-hydrogen) atoms. The Morgan fingerprint density at radius 3 is 2.66 bits per heavy atom. The van der Waals surface area contributed by atoms with Crippen molar-refractivity contribution in [3.63, 3.8) is 0 Å². The SMILES string of the molecule is CN=C(NCC(C)N1CCc2ccccc2C1)N1CCN(Cc2ccon2)CC1. The van der Waals surface area contributed by atoms with Crippen molar-refractivity contribution < 1.29 is 4.52 Å². The van der Waals surface area contributed by atoms with Gasteiger partial charge in [-0.3, -0.25) is 14.8 Å². The first-order valence-corrected chi connectivity index (χ1v) is 10.6. The Bertz CT molecular complexity index is 797. The quantitative estimate of drug-likeness (QED) is 0.615. The third-order valence-electron chi connectivity index (χ3n) is 6.10. The van der Waals surface area contributed by atoms with Gasteiger partial charge >= 0.3 is 0 Å². The maximum Gasteiger partial charge on any atom is 0.193 e. The molecule has 1 fully saturated rings. The van der Waals surface area contributed by atoms with E-state index in [0.717, 1.165) is 70.4 Å². The van der Waals surface area contributed by atoms with Crippen LogP contribution in [0.2, 0.25) is 0 Å². The van der Waals surface area contributed by atoms with E-state index in [2.05, 4.69) is 61.4 Å². The van der Waals surface area contributed by atoms with Crippen LogP contribution in [0.5, 0.6) is 0 Å². The van der Waals surface area contributed by atoms with Crippen LogP contribution in [-0.2, 0) is 19.5 Å². The first-order chi connectivity index (χ1) is 14.2. The van der Waals surface area contributed by atoms with Crippen LogP contribution in [0, 0.1) is 0 Å². The molecular formula is C22H32N6O. The predicted molar refractivity (Wildman–Crippen MR) is 115 cm³/mol. The summed E-state index contributed by atoms with van der Waals surface area (Å²) in [6.45, 7) is 10.2. The molecule has 1 unspecified atom stereocenters. The molecule has 0 bridgehead atoms. The van der Waals surface area contributed by atoms with Crippen molar-refractivity contribution in [2.45, 2.75) is 32.5 Å². The summed E-state index contributed by atoms with van der Waals surface area (Å²) in [4.78, 5) is 11.9. The second kappa shape index (κ2) is 9.41. The molecule has 1 saturated heterocycles. The molecule has 0 aliphatic carbocycles. The molecule has 1 aromatic carbocycles. The second-order valence-corrected chi connectivity index (χ2v) is 8.02. The van der Waals surface area contributed by atoms with Crippen LogP contribution >= 0.6 is 0 Å². The summed E-state index contributed by atoms with van der Waals surface area (Å²) in [5.41, 5.74) is 3.97. The number of aromatic nitrogens is 1. The molecule has 0 radical (unpaired) electrons. The van der Waals surface area contributed by atoms with E-state index in [-0.39, 0.29) is 0 Å². The smallest absolute Gasteiger partial charge is 0.193 e. The third kappa shape index (κ3) is 4.97. The molecule has 0 saturated carbocycles. The van der Waals surface area contributed by atoms with Gasteiger partial charge < -0.3 is 14.7 Å². The number of guanidine groups is 1. The lowest BCUT2D eigenvalue weighted by Gasteiger charge is -2.37. The van der Waals surface area contributed by atoms with Gasteiger partial charge in [0.25, 0.3) is 0 Å². The first-order valence-electron chi connectivity index (χ1n) is 10.6. The maximum absolute atomic E-state index is 4.94. The average Bonchev–Trinajstić information content (AvgIpc) is 3.28. The minimum absolute atomic E-state index is 0.466. The van der Waals surface area contributed by atoms with Gasteiger partial charge in [0.05, 0.1) is 5.69 Å². The number of nitrogens with one attached hydrogen (secondary N) is 1. The van der Waals surface area contributed by atoms with Crippen LogP contribution in [0.4, 0.5) is 0 Å². The van der Waals surface area contributed by atoms with E-state index < -0.39 is 0 Å². The Morgan fingerprint density at radius 1 is 1.14 bits per heavy atom. The van der Waals surface area contributed by atoms with Gasteiger partial charge in [0, 0.05) is 71.5 Å². The minimum Gasteiger partial charge on any atom is -0.364 e. The van der Waals surface area contributed by atoms with E-state index >= 15 is 0 Å². The number of hydrogen-bond acceptors (Lipinski definition) is 5. The van der Waals surface area contributed by atoms with Crippen molar-refractivity contribution in [2.75, 3.05) is 46.3 Å². The molecule has 1 atom stereocenters. The molecule has 0 spiro atoms. The Balaban J connectivity index is 1.23. The van der Waals surface area contributed by atoms with Gasteiger partial charge in [-0.15, -0.1) is 0 Å². The van der Waals surface area contributed by atoms with E-state index in [0.29, 0.717) is 6.04 Å². The molecule has 2 aromatic rings. The highest BCUT2D eigenvalue weighted by Gasteiger charge is 2.23. The van der Waals surface area contributed by atoms with Crippen molar-refractivity contribution in [2.24, 2.45) is 4.99 Å². The fourth-order valence-corrected chi connectivity index (χ4v) is 4.26. The molecular weight excluding hydrogens is 364 g/mol. The Morgan fingerprint density at radius 2 is 1.93 bits per heavy atom. The normalized spacial score (nSPS) is 19.8. The molecule has 1 N–H and O–H groups in total. The Kier molecular flexibility index (Phi) is 6.46. The second-order valence-electron chi connectivity index (χ2n) is 8.02. The van der Waals surface area contributed by atoms with Gasteiger partial charge in [0.15, 0.2) is 5.96 Å². The fraction of sp³-hybridized carbons (Fsp3) is 0.545. The van der Waals surface area contributed by atoms with E-state index in [9.17, 15) is 0 Å². The third-order valence-corrected chi connectivity index (χ3v) is 6.10. The lowest BCUT2D eigenvalue weighted by molar-refractivity contribution is 0.165. The van der Waals surface area contributed by atoms with Crippen LogP contribution in [0.1, 0.15) is 23.7 Å². The molecule has 1 aromatic heterocycles. The number of rotatable bonds is 5. The molecule has 2 aliphatic rings.